The highest BCUT2D eigenvalue weighted by Gasteiger charge is 2.64. The largest absolute Gasteiger partial charge is 0.394 e. The van der Waals surface area contributed by atoms with Crippen LogP contribution in [0.2, 0.25) is 0 Å². The molecule has 4 amide bonds. The van der Waals surface area contributed by atoms with Gasteiger partial charge in [0.05, 0.1) is 75.3 Å². The number of nitrogens with one attached hydrogen (secondary N) is 4. The Hall–Kier alpha value is -4.08. The van der Waals surface area contributed by atoms with E-state index in [0.717, 1.165) is 27.7 Å². The molecule has 0 aromatic carbocycles. The van der Waals surface area contributed by atoms with Crippen molar-refractivity contribution in [1.29, 1.82) is 0 Å². The Morgan fingerprint density at radius 2 is 0.350 bits per heavy atom. The van der Waals surface area contributed by atoms with Crippen LogP contribution >= 0.6 is 0 Å². The standard InChI is InChI=1S/C80H134N4O53/c1-17-37(93)58(53(109)69(114)115-17)129-78-66(63(42(98)22(6)120-78)132-71-34(82-26(10)90)50(106)46(102)30(14-86)124-71)135-76-56(112)61(40(96)20(4)118-76)131-80-68(65(44(100)24(8)122-80)134-73-36(84-28(12)92)52(108)48(104)32(16-88)126-73)137-77-57(113)62(41(97)21(5)119-77)130-79-67(64(43(99)23(7)121-79)133-72-35(83-27(11)91)51(107)47(103)31(15-87)125-72)136-75-55(111)60(39(95)19(3)117-75)128-74-54(110)59(38(94)18(2)116-74)127-70-33(81-25(9)89)49(105)45(101)29(13-85)123-70/h17-24,29-80,85-88,93-114H,13-16H2,1-12H3,(H,81,89)(H,82,90)(H,83,91)(H,84,92)/t17-,18-,19-,20-,21-,22-,23-,24-,29+,30+,31+,32+,33+,34+,35+,36+,37-,38-,39-,40-,41-,42-,43-,44-,45+,46+,47+,48+,49+,50+,51+,52+,53+,54+,55+,56+,57+,58+,59+,60+,61+,62+,63+,64+,65+,66+,67+,68+,69+,70-,71-,72-,73-,74-,75-,76-,77-,78-,79-,80-/m0/s1. The minimum absolute atomic E-state index is 0.783. The molecule has 0 aromatic rings. The van der Waals surface area contributed by atoms with Crippen molar-refractivity contribution in [1.82, 2.24) is 21.3 Å². The lowest BCUT2D eigenvalue weighted by molar-refractivity contribution is -0.418. The Labute approximate surface area is 781 Å². The van der Waals surface area contributed by atoms with Crippen LogP contribution in [0.25, 0.3) is 0 Å². The lowest BCUT2D eigenvalue weighted by Crippen LogP contribution is -2.70. The van der Waals surface area contributed by atoms with Gasteiger partial charge < -0.3 is 263 Å². The predicted molar refractivity (Wildman–Crippen MR) is 430 cm³/mol. The molecule has 0 radical (unpaired) electrons. The van der Waals surface area contributed by atoms with Gasteiger partial charge in [0.1, 0.15) is 244 Å². The molecular formula is C80H134N4O53. The van der Waals surface area contributed by atoms with Gasteiger partial charge in [-0.3, -0.25) is 19.2 Å². The zero-order valence-electron chi connectivity index (χ0n) is 76.1. The lowest BCUT2D eigenvalue weighted by Gasteiger charge is -2.52. The molecule has 0 unspecified atom stereocenters. The fraction of sp³-hybridized carbons (Fsp3) is 0.950. The number of aliphatic hydroxyl groups excluding tert-OH is 26. The number of carbonyl (C=O) groups excluding carboxylic acids is 4. The van der Waals surface area contributed by atoms with Gasteiger partial charge in [-0.2, -0.15) is 0 Å². The first-order chi connectivity index (χ1) is 64.4. The molecule has 0 spiro atoms. The van der Waals surface area contributed by atoms with Gasteiger partial charge in [0, 0.05) is 27.7 Å². The second-order valence-electron chi connectivity index (χ2n) is 36.4. The van der Waals surface area contributed by atoms with Gasteiger partial charge in [-0.05, 0) is 55.4 Å². The highest BCUT2D eigenvalue weighted by Crippen LogP contribution is 2.44. The number of hydrogen-bond donors (Lipinski definition) is 30. The lowest BCUT2D eigenvalue weighted by atomic mass is 9.94. The molecule has 12 saturated heterocycles. The molecule has 12 heterocycles. The van der Waals surface area contributed by atoms with E-state index in [-0.39, 0.29) is 0 Å². The molecule has 0 aromatic heterocycles. The van der Waals surface area contributed by atoms with Gasteiger partial charge in [-0.25, -0.2) is 0 Å². The monoisotopic (exact) mass is 2000 g/mol. The Bertz CT molecular complexity index is 3830. The van der Waals surface area contributed by atoms with Crippen molar-refractivity contribution < 1.29 is 261 Å². The van der Waals surface area contributed by atoms with E-state index >= 15 is 0 Å². The fourth-order valence-electron chi connectivity index (χ4n) is 18.5. The quantitative estimate of drug-likeness (QED) is 0.0318. The Kier molecular flexibility index (Phi) is 38.5. The first-order valence-electron chi connectivity index (χ1n) is 45.0. The first kappa shape index (κ1) is 112. The summed E-state index contributed by atoms with van der Waals surface area (Å²) in [7, 11) is 0. The molecule has 137 heavy (non-hydrogen) atoms. The number of amides is 4. The zero-order valence-corrected chi connectivity index (χ0v) is 76.1. The molecule has 0 aliphatic carbocycles. The smallest absolute Gasteiger partial charge is 0.217 e. The Morgan fingerprint density at radius 1 is 0.190 bits per heavy atom. The Balaban J connectivity index is 0.892. The van der Waals surface area contributed by atoms with E-state index < -0.39 is 418 Å². The molecule has 12 aliphatic rings. The maximum atomic E-state index is 13.1. The third kappa shape index (κ3) is 24.1. The molecule has 57 nitrogen and oxygen atoms in total. The van der Waals surface area contributed by atoms with Gasteiger partial charge in [0.2, 0.25) is 23.6 Å². The van der Waals surface area contributed by atoms with E-state index in [1.807, 2.05) is 0 Å². The van der Waals surface area contributed by atoms with Crippen LogP contribution in [0.5, 0.6) is 0 Å². The SMILES string of the molecule is CC(=O)N[C@H]1[C@H](O[C@@H]2[C@@H](O)[C@H](C)O[C@@H](O[C@@H]3[C@@H](O)[C@H](C)O[C@@H](O[C@H]4[C@H](O[C@@H]5[C@@H](O)[C@H](C)O[C@@H](O[C@H]6[C@H](O[C@@H]7[C@@H](O)[C@H](C)O[C@@H](O[C@H]8[C@H](O[C@@H]9[C@@H](O)[C@H](C)O[C@@H](O)[C@@H]9O)O[C@@H](C)[C@H](O)[C@H]8O[C@@H]8O[C@H](CO)[C@@H](O)[C@H](O)[C@H]8NC(C)=O)[C@@H]7O)O[C@@H](C)[C@H](O)[C@H]6O[C@@H]6O[C@H](CO)[C@@H](O)[C@H](O)[C@H]6NC(C)=O)[C@@H]5O)O[C@@H](C)[C@H](O)[C@H]4O[C@@H]4O[C@H](CO)[C@@H](O)[C@H](O)[C@H]4NC(C)=O)[C@@H]3O)[C@@H]2O)O[C@H](CO)[C@@H](O)[C@@H]1O. The zero-order chi connectivity index (χ0) is 101. The molecule has 0 bridgehead atoms. The number of ether oxygens (including phenoxy) is 23. The Morgan fingerprint density at radius 3 is 0.555 bits per heavy atom. The average Bonchev–Trinajstić information content (AvgIpc) is 0.760. The minimum atomic E-state index is -2.54. The van der Waals surface area contributed by atoms with E-state index in [2.05, 4.69) is 21.3 Å². The topological polar surface area (TPSA) is 855 Å². The summed E-state index contributed by atoms with van der Waals surface area (Å²) in [6.07, 6.45) is -112. The summed E-state index contributed by atoms with van der Waals surface area (Å²) < 4.78 is 142. The van der Waals surface area contributed by atoms with Crippen LogP contribution in [0.3, 0.4) is 0 Å². The minimum Gasteiger partial charge on any atom is -0.394 e. The third-order valence-electron chi connectivity index (χ3n) is 26.4. The fourth-order valence-corrected chi connectivity index (χ4v) is 18.5. The van der Waals surface area contributed by atoms with Crippen LogP contribution in [-0.4, -0.2) is 551 Å². The summed E-state index contributed by atoms with van der Waals surface area (Å²) in [6.45, 7) is 9.87. The molecule has 12 fully saturated rings. The van der Waals surface area contributed by atoms with Gasteiger partial charge in [-0.1, -0.05) is 0 Å². The van der Waals surface area contributed by atoms with Crippen molar-refractivity contribution >= 4 is 23.6 Å². The molecule has 12 aliphatic heterocycles. The van der Waals surface area contributed by atoms with Gasteiger partial charge in [-0.15, -0.1) is 0 Å². The van der Waals surface area contributed by atoms with Crippen molar-refractivity contribution in [2.45, 2.75) is 451 Å². The highest BCUT2D eigenvalue weighted by molar-refractivity contribution is 5.74. The summed E-state index contributed by atoms with van der Waals surface area (Å²) in [6, 6.07) is -7.04. The number of carbonyl (C=O) groups is 4. The molecule has 60 atom stereocenters. The van der Waals surface area contributed by atoms with E-state index in [0.29, 0.717) is 0 Å². The van der Waals surface area contributed by atoms with Gasteiger partial charge in [0.15, 0.2) is 75.5 Å². The van der Waals surface area contributed by atoms with E-state index in [9.17, 15) is 152 Å². The highest BCUT2D eigenvalue weighted by atomic mass is 16.8. The second kappa shape index (κ2) is 47.2. The summed E-state index contributed by atoms with van der Waals surface area (Å²) in [5, 5.41) is 310. The summed E-state index contributed by atoms with van der Waals surface area (Å²) in [4.78, 5) is 51.0. The van der Waals surface area contributed by atoms with E-state index in [1.54, 1.807) is 0 Å². The molecule has 57 heteroatoms. The van der Waals surface area contributed by atoms with Gasteiger partial charge in [0.25, 0.3) is 0 Å². The third-order valence-corrected chi connectivity index (χ3v) is 26.4. The normalized spacial score (nSPS) is 52.4. The average molecular weight is 2000 g/mol. The number of rotatable bonds is 30. The molecular weight excluding hydrogens is 1860 g/mol. The maximum absolute atomic E-state index is 13.1. The van der Waals surface area contributed by atoms with Crippen LogP contribution in [0.4, 0.5) is 0 Å². The van der Waals surface area contributed by atoms with Crippen LogP contribution in [0, 0.1) is 0 Å². The number of hydrogen-bond acceptors (Lipinski definition) is 53. The molecule has 12 rings (SSSR count). The molecule has 30 N–H and O–H groups in total. The van der Waals surface area contributed by atoms with Crippen molar-refractivity contribution in [3.8, 4) is 0 Å². The van der Waals surface area contributed by atoms with Crippen molar-refractivity contribution in [2.24, 2.45) is 0 Å². The molecule has 0 saturated carbocycles. The summed E-state index contributed by atoms with van der Waals surface area (Å²) >= 11 is 0. The second-order valence-corrected chi connectivity index (χ2v) is 36.4. The van der Waals surface area contributed by atoms with Crippen LogP contribution in [0.15, 0.2) is 0 Å². The van der Waals surface area contributed by atoms with Gasteiger partial charge >= 0.3 is 0 Å². The summed E-state index contributed by atoms with van der Waals surface area (Å²) in [5.74, 6) is -3.39. The maximum Gasteiger partial charge on any atom is 0.217 e. The van der Waals surface area contributed by atoms with Crippen molar-refractivity contribution in [2.75, 3.05) is 26.4 Å². The summed E-state index contributed by atoms with van der Waals surface area (Å²) in [5.41, 5.74) is 0. The van der Waals surface area contributed by atoms with E-state index in [4.69, 9.17) is 109 Å². The van der Waals surface area contributed by atoms with E-state index in [1.165, 1.54) is 55.4 Å². The van der Waals surface area contributed by atoms with Crippen LogP contribution in [0.1, 0.15) is 83.1 Å². The predicted octanol–water partition coefficient (Wildman–Crippen LogP) is -18.4. The van der Waals surface area contributed by atoms with Crippen molar-refractivity contribution in [3.05, 3.63) is 0 Å². The molecule has 792 valence electrons. The number of aliphatic hydroxyl groups is 26. The van der Waals surface area contributed by atoms with Crippen LogP contribution < -0.4 is 21.3 Å². The van der Waals surface area contributed by atoms with Crippen LogP contribution in [-0.2, 0) is 128 Å². The first-order valence-corrected chi connectivity index (χ1v) is 45.0. The van der Waals surface area contributed by atoms with Crippen molar-refractivity contribution in [3.63, 3.8) is 0 Å².